The van der Waals surface area contributed by atoms with Gasteiger partial charge in [-0.05, 0) is 57.8 Å². The number of nitrogens with one attached hydrogen (secondary N) is 1. The predicted molar refractivity (Wildman–Crippen MR) is 323 cm³/mol. The van der Waals surface area contributed by atoms with Gasteiger partial charge >= 0.3 is 0 Å². The van der Waals surface area contributed by atoms with Crippen LogP contribution in [0.5, 0.6) is 0 Å². The van der Waals surface area contributed by atoms with Gasteiger partial charge in [-0.25, -0.2) is 0 Å². The summed E-state index contributed by atoms with van der Waals surface area (Å²) >= 11 is 0. The Labute approximate surface area is 469 Å². The van der Waals surface area contributed by atoms with Crippen LogP contribution in [-0.4, -0.2) is 87.5 Å². The largest absolute Gasteiger partial charge is 0.394 e. The molecule has 1 saturated heterocycles. The lowest BCUT2D eigenvalue weighted by molar-refractivity contribution is -0.302. The van der Waals surface area contributed by atoms with Crippen LogP contribution in [0.3, 0.4) is 0 Å². The molecule has 0 aromatic heterocycles. The molecule has 1 amide bonds. The molecule has 0 radical (unpaired) electrons. The van der Waals surface area contributed by atoms with Gasteiger partial charge in [0, 0.05) is 6.42 Å². The molecule has 0 aromatic carbocycles. The summed E-state index contributed by atoms with van der Waals surface area (Å²) < 4.78 is 11.3. The van der Waals surface area contributed by atoms with E-state index in [-0.39, 0.29) is 12.5 Å². The monoisotopic (exact) mass is 1070 g/mol. The lowest BCUT2D eigenvalue weighted by Crippen LogP contribution is -2.60. The number of aliphatic hydroxyl groups is 5. The van der Waals surface area contributed by atoms with E-state index in [1.54, 1.807) is 6.08 Å². The molecule has 1 aliphatic rings. The topological polar surface area (TPSA) is 149 Å². The molecule has 9 nitrogen and oxygen atoms in total. The Bertz CT molecular complexity index is 1340. The molecular formula is C67H125NO8. The highest BCUT2D eigenvalue weighted by molar-refractivity contribution is 5.76. The summed E-state index contributed by atoms with van der Waals surface area (Å²) in [6.07, 6.45) is 69.1. The van der Waals surface area contributed by atoms with E-state index >= 15 is 0 Å². The number of aliphatic hydroxyl groups excluding tert-OH is 5. The number of carbonyl (C=O) groups is 1. The first-order valence-corrected chi connectivity index (χ1v) is 32.9. The van der Waals surface area contributed by atoms with Gasteiger partial charge in [0.2, 0.25) is 5.91 Å². The van der Waals surface area contributed by atoms with Crippen molar-refractivity contribution in [2.24, 2.45) is 0 Å². The van der Waals surface area contributed by atoms with Crippen LogP contribution in [0.25, 0.3) is 0 Å². The van der Waals surface area contributed by atoms with E-state index in [4.69, 9.17) is 9.47 Å². The van der Waals surface area contributed by atoms with Crippen LogP contribution < -0.4 is 5.32 Å². The van der Waals surface area contributed by atoms with E-state index in [1.807, 2.05) is 6.08 Å². The highest BCUT2D eigenvalue weighted by Gasteiger charge is 2.44. The van der Waals surface area contributed by atoms with Gasteiger partial charge in [-0.15, -0.1) is 0 Å². The smallest absolute Gasteiger partial charge is 0.220 e. The minimum Gasteiger partial charge on any atom is -0.394 e. The van der Waals surface area contributed by atoms with E-state index in [0.29, 0.717) is 6.42 Å². The molecule has 1 rings (SSSR count). The van der Waals surface area contributed by atoms with Gasteiger partial charge in [-0.1, -0.05) is 300 Å². The van der Waals surface area contributed by atoms with Gasteiger partial charge in [-0.2, -0.15) is 0 Å². The summed E-state index contributed by atoms with van der Waals surface area (Å²) in [5, 5.41) is 54.7. The second-order valence-electron chi connectivity index (χ2n) is 22.9. The Balaban J connectivity index is 2.17. The highest BCUT2D eigenvalue weighted by atomic mass is 16.7. The number of carbonyl (C=O) groups excluding carboxylic acids is 1. The molecule has 0 aromatic rings. The van der Waals surface area contributed by atoms with Gasteiger partial charge < -0.3 is 40.3 Å². The van der Waals surface area contributed by atoms with Crippen LogP contribution in [0.15, 0.2) is 48.6 Å². The fourth-order valence-electron chi connectivity index (χ4n) is 10.5. The second kappa shape index (κ2) is 56.4. The summed E-state index contributed by atoms with van der Waals surface area (Å²) in [5.74, 6) is -0.178. The van der Waals surface area contributed by atoms with Crippen molar-refractivity contribution < 1.29 is 39.8 Å². The molecule has 0 saturated carbocycles. The van der Waals surface area contributed by atoms with Crippen molar-refractivity contribution in [3.05, 3.63) is 48.6 Å². The zero-order valence-electron chi connectivity index (χ0n) is 49.8. The molecule has 7 unspecified atom stereocenters. The number of unbranched alkanes of at least 4 members (excludes halogenated alkanes) is 41. The first-order chi connectivity index (χ1) is 37.3. The Kier molecular flexibility index (Phi) is 53.6. The maximum absolute atomic E-state index is 13.1. The average molecular weight is 1070 g/mol. The van der Waals surface area contributed by atoms with Crippen LogP contribution >= 0.6 is 0 Å². The van der Waals surface area contributed by atoms with Crippen LogP contribution in [0, 0.1) is 0 Å². The summed E-state index contributed by atoms with van der Waals surface area (Å²) in [5.41, 5.74) is 0. The number of rotatable bonds is 57. The van der Waals surface area contributed by atoms with Crippen molar-refractivity contribution in [3.63, 3.8) is 0 Å². The van der Waals surface area contributed by atoms with E-state index in [9.17, 15) is 30.3 Å². The summed E-state index contributed by atoms with van der Waals surface area (Å²) in [6, 6.07) is -0.810. The number of hydrogen-bond donors (Lipinski definition) is 6. The van der Waals surface area contributed by atoms with Crippen LogP contribution in [0.2, 0.25) is 0 Å². The number of ether oxygens (including phenoxy) is 2. The van der Waals surface area contributed by atoms with Crippen molar-refractivity contribution in [1.82, 2.24) is 5.32 Å². The van der Waals surface area contributed by atoms with Crippen LogP contribution in [0.4, 0.5) is 0 Å². The molecule has 7 atom stereocenters. The maximum Gasteiger partial charge on any atom is 0.220 e. The lowest BCUT2D eigenvalue weighted by atomic mass is 9.99. The third-order valence-electron chi connectivity index (χ3n) is 15.6. The Morgan fingerprint density at radius 3 is 1.14 bits per heavy atom. The summed E-state index contributed by atoms with van der Waals surface area (Å²) in [6.45, 7) is 3.80. The number of amides is 1. The Morgan fingerprint density at radius 1 is 0.447 bits per heavy atom. The van der Waals surface area contributed by atoms with E-state index in [1.165, 1.54) is 244 Å². The first kappa shape index (κ1) is 72.2. The lowest BCUT2D eigenvalue weighted by Gasteiger charge is -2.40. The third kappa shape index (κ3) is 44.9. The first-order valence-electron chi connectivity index (χ1n) is 32.9. The molecule has 76 heavy (non-hydrogen) atoms. The molecule has 446 valence electrons. The molecule has 9 heteroatoms. The van der Waals surface area contributed by atoms with Crippen molar-refractivity contribution in [2.75, 3.05) is 13.2 Å². The fraction of sp³-hybridized carbons (Fsp3) is 0.866. The Hall–Kier alpha value is -1.85. The Morgan fingerprint density at radius 2 is 0.776 bits per heavy atom. The normalized spacial score (nSPS) is 19.1. The van der Waals surface area contributed by atoms with Crippen molar-refractivity contribution in [2.45, 2.75) is 358 Å². The van der Waals surface area contributed by atoms with E-state index in [2.05, 4.69) is 55.6 Å². The van der Waals surface area contributed by atoms with Crippen molar-refractivity contribution in [3.8, 4) is 0 Å². The maximum atomic E-state index is 13.1. The molecule has 6 N–H and O–H groups in total. The van der Waals surface area contributed by atoms with Crippen LogP contribution in [0.1, 0.15) is 316 Å². The quantitative estimate of drug-likeness (QED) is 0.0261. The fourth-order valence-corrected chi connectivity index (χ4v) is 10.5. The number of hydrogen-bond acceptors (Lipinski definition) is 8. The van der Waals surface area contributed by atoms with Crippen molar-refractivity contribution in [1.29, 1.82) is 0 Å². The van der Waals surface area contributed by atoms with Gasteiger partial charge in [0.15, 0.2) is 6.29 Å². The van der Waals surface area contributed by atoms with Gasteiger partial charge in [0.1, 0.15) is 24.4 Å². The molecule has 0 bridgehead atoms. The average Bonchev–Trinajstić information content (AvgIpc) is 3.42. The number of allylic oxidation sites excluding steroid dienone is 7. The van der Waals surface area contributed by atoms with Gasteiger partial charge in [0.25, 0.3) is 0 Å². The van der Waals surface area contributed by atoms with Crippen LogP contribution in [-0.2, 0) is 14.3 Å². The summed E-state index contributed by atoms with van der Waals surface area (Å²) in [4.78, 5) is 13.1. The third-order valence-corrected chi connectivity index (χ3v) is 15.6. The molecule has 0 spiro atoms. The minimum absolute atomic E-state index is 0.178. The minimum atomic E-state index is -1.57. The second-order valence-corrected chi connectivity index (χ2v) is 22.9. The van der Waals surface area contributed by atoms with E-state index in [0.717, 1.165) is 51.4 Å². The molecule has 0 aliphatic carbocycles. The summed E-state index contributed by atoms with van der Waals surface area (Å²) in [7, 11) is 0. The standard InChI is InChI=1S/C67H125NO8/c1-3-5-7-9-11-13-15-17-19-21-23-25-27-29-30-31-33-34-36-38-40-42-44-46-48-50-52-54-56-61(70)60(59-75-67-66(74)65(73)64(72)62(58-69)76-67)68-63(71)57-55-53-51-49-47-45-43-41-39-37-35-32-28-26-24-22-20-18-16-14-12-10-8-6-4-2/h16,18,22,24,28,32,54,56,60-62,64-67,69-70,72-74H,3-15,17,19-21,23,25-27,29-31,33-53,55,57-59H2,1-2H3,(H,68,71)/b18-16-,24-22-,32-28-,56-54+. The molecule has 1 fully saturated rings. The zero-order chi connectivity index (χ0) is 55.0. The molecule has 1 aliphatic heterocycles. The molecular weight excluding hydrogens is 947 g/mol. The van der Waals surface area contributed by atoms with Gasteiger partial charge in [-0.3, -0.25) is 4.79 Å². The SMILES string of the molecule is CCCCCCC/C=C\C/C=C\C/C=C\CCCCCCCCCCCCC(=O)NC(COC1OC(CO)C(O)C(O)C1O)C(O)/C=C/CCCCCCCCCCCCCCCCCCCCCCCCCCCC. The van der Waals surface area contributed by atoms with Crippen molar-refractivity contribution >= 4 is 5.91 Å². The highest BCUT2D eigenvalue weighted by Crippen LogP contribution is 2.23. The zero-order valence-corrected chi connectivity index (χ0v) is 49.8. The predicted octanol–water partition coefficient (Wildman–Crippen LogP) is 17.2. The van der Waals surface area contributed by atoms with E-state index < -0.39 is 49.5 Å². The van der Waals surface area contributed by atoms with Gasteiger partial charge in [0.05, 0.1) is 25.4 Å². The molecule has 1 heterocycles.